The molecule has 2 aliphatic heterocycles. The number of aliphatic carboxylic acids is 1. The van der Waals surface area contributed by atoms with Crippen molar-refractivity contribution in [3.8, 4) is 45.8 Å². The zero-order valence-corrected chi connectivity index (χ0v) is 29.2. The topological polar surface area (TPSA) is 165 Å². The Kier molecular flexibility index (Phi) is 9.63. The number of hydrogen-bond acceptors (Lipinski definition) is 10. The van der Waals surface area contributed by atoms with Crippen LogP contribution in [0.25, 0.3) is 44.9 Å². The maximum Gasteiger partial charge on any atom is 0.307 e. The normalized spacial score (nSPS) is 18.0. The summed E-state index contributed by atoms with van der Waals surface area (Å²) in [6, 6.07) is 17.8. The zero-order chi connectivity index (χ0) is 35.8. The number of nitrogens with one attached hydrogen (secondary N) is 1. The lowest BCUT2D eigenvalue weighted by molar-refractivity contribution is -0.141. The predicted octanol–water partition coefficient (Wildman–Crippen LogP) is 5.32. The Balaban J connectivity index is 1.19. The fraction of sp³-hybridized carbons (Fsp3) is 0.342. The number of aliphatic hydroxyl groups excluding tert-OH is 1. The number of aromatic nitrogens is 3. The number of carbonyl (C=O) groups is 1. The van der Waals surface area contributed by atoms with Gasteiger partial charge in [0.05, 0.1) is 35.4 Å². The highest BCUT2D eigenvalue weighted by molar-refractivity contribution is 6.36. The van der Waals surface area contributed by atoms with E-state index >= 15 is 0 Å². The summed E-state index contributed by atoms with van der Waals surface area (Å²) in [6.07, 6.45) is 2.65. The molecule has 3 aromatic heterocycles. The van der Waals surface area contributed by atoms with Gasteiger partial charge in [-0.05, 0) is 49.6 Å². The third-order valence-corrected chi connectivity index (χ3v) is 10.4. The number of aliphatic hydroxyl groups is 1. The molecule has 12 nitrogen and oxygen atoms in total. The van der Waals surface area contributed by atoms with Gasteiger partial charge in [-0.2, -0.15) is 5.26 Å². The number of hydrogen-bond donors (Lipinski definition) is 3. The second-order valence-corrected chi connectivity index (χ2v) is 13.6. The number of carboxylic acid groups (broad SMARTS) is 1. The number of methoxy groups -OCH3 is 1. The number of likely N-dealkylation sites (tertiary alicyclic amines) is 2. The van der Waals surface area contributed by atoms with E-state index in [4.69, 9.17) is 31.1 Å². The van der Waals surface area contributed by atoms with Crippen LogP contribution >= 0.6 is 11.6 Å². The Morgan fingerprint density at radius 2 is 1.78 bits per heavy atom. The van der Waals surface area contributed by atoms with Crippen LogP contribution in [0.5, 0.6) is 5.88 Å². The standard InChI is InChI=1S/C38H38ClN7O5/c1-22-27(5-3-6-28(22)31-10-9-23(36(42-31)50-2)18-45-14-12-26(47)21-45)29-7-4-8-30(32(29)39)37-43-33-34(51-37)25(17-40)20-46(35(33)41)16-15-44-13-11-24(19-44)38(48)49/h3-10,20,24,26,41,47H,11-16,18-19,21H2,1-2H3,(H,48,49)/t24-,26-/m1/s1. The quantitative estimate of drug-likeness (QED) is 0.173. The fourth-order valence-corrected chi connectivity index (χ4v) is 7.47. The van der Waals surface area contributed by atoms with Crippen molar-refractivity contribution in [2.45, 2.75) is 39.0 Å². The molecule has 7 rings (SSSR count). The largest absolute Gasteiger partial charge is 0.481 e. The van der Waals surface area contributed by atoms with Crippen LogP contribution in [-0.4, -0.2) is 86.5 Å². The van der Waals surface area contributed by atoms with Crippen molar-refractivity contribution in [3.05, 3.63) is 81.9 Å². The molecule has 13 heteroatoms. The number of carboxylic acids is 1. The summed E-state index contributed by atoms with van der Waals surface area (Å²) >= 11 is 7.11. The molecule has 262 valence electrons. The lowest BCUT2D eigenvalue weighted by Gasteiger charge is -2.18. The van der Waals surface area contributed by atoms with Gasteiger partial charge in [0.25, 0.3) is 0 Å². The van der Waals surface area contributed by atoms with E-state index in [0.717, 1.165) is 46.5 Å². The molecule has 0 spiro atoms. The van der Waals surface area contributed by atoms with Crippen molar-refractivity contribution in [3.63, 3.8) is 0 Å². The van der Waals surface area contributed by atoms with E-state index in [0.29, 0.717) is 62.2 Å². The second kappa shape index (κ2) is 14.3. The summed E-state index contributed by atoms with van der Waals surface area (Å²) in [5.74, 6) is -0.436. The number of nitrogens with zero attached hydrogens (tertiary/aromatic N) is 6. The Morgan fingerprint density at radius 3 is 2.49 bits per heavy atom. The number of halogens is 1. The maximum absolute atomic E-state index is 11.4. The van der Waals surface area contributed by atoms with Crippen LogP contribution in [0.4, 0.5) is 0 Å². The third kappa shape index (κ3) is 6.73. The Hall–Kier alpha value is -5.06. The highest BCUT2D eigenvalue weighted by atomic mass is 35.5. The number of fused-ring (bicyclic) bond motifs is 1. The first-order valence-electron chi connectivity index (χ1n) is 16.9. The molecule has 0 radical (unpaired) electrons. The van der Waals surface area contributed by atoms with Gasteiger partial charge in [-0.25, -0.2) is 9.97 Å². The summed E-state index contributed by atoms with van der Waals surface area (Å²) in [5.41, 5.74) is 6.59. The molecule has 2 aromatic carbocycles. The highest BCUT2D eigenvalue weighted by Gasteiger charge is 2.28. The molecule has 3 N–H and O–H groups in total. The van der Waals surface area contributed by atoms with Crippen LogP contribution in [0, 0.1) is 29.6 Å². The first-order chi connectivity index (χ1) is 24.6. The number of oxazole rings is 1. The molecule has 2 aliphatic rings. The smallest absolute Gasteiger partial charge is 0.307 e. The number of pyridine rings is 2. The maximum atomic E-state index is 11.4. The van der Waals surface area contributed by atoms with Crippen LogP contribution in [-0.2, 0) is 17.9 Å². The van der Waals surface area contributed by atoms with E-state index in [1.807, 2.05) is 49.4 Å². The number of β-amino-alcohol motifs (C(OH)–C–C–N with tert-alkyl or cyclic N) is 1. The average molecular weight is 708 g/mol. The van der Waals surface area contributed by atoms with Crippen molar-refractivity contribution in [1.82, 2.24) is 24.3 Å². The van der Waals surface area contributed by atoms with Crippen molar-refractivity contribution in [1.29, 1.82) is 10.7 Å². The lowest BCUT2D eigenvalue weighted by Crippen LogP contribution is -2.30. The van der Waals surface area contributed by atoms with Gasteiger partial charge in [-0.3, -0.25) is 15.1 Å². The minimum absolute atomic E-state index is 0.0933. The number of rotatable bonds is 10. The number of ether oxygens (including phenoxy) is 1. The van der Waals surface area contributed by atoms with Gasteiger partial charge in [0, 0.05) is 62.2 Å². The van der Waals surface area contributed by atoms with Crippen LogP contribution in [0.2, 0.25) is 5.02 Å². The molecule has 0 saturated carbocycles. The lowest BCUT2D eigenvalue weighted by atomic mass is 9.93. The number of nitriles is 1. The van der Waals surface area contributed by atoms with E-state index < -0.39 is 5.97 Å². The van der Waals surface area contributed by atoms with E-state index in [-0.39, 0.29) is 40.1 Å². The Morgan fingerprint density at radius 1 is 1.04 bits per heavy atom. The van der Waals surface area contributed by atoms with Crippen molar-refractivity contribution in [2.24, 2.45) is 5.92 Å². The van der Waals surface area contributed by atoms with Crippen LogP contribution < -0.4 is 10.2 Å². The Bertz CT molecular complexity index is 2240. The molecule has 51 heavy (non-hydrogen) atoms. The van der Waals surface area contributed by atoms with Gasteiger partial charge in [-0.15, -0.1) is 0 Å². The molecule has 0 bridgehead atoms. The fourth-order valence-electron chi connectivity index (χ4n) is 7.16. The van der Waals surface area contributed by atoms with E-state index in [1.54, 1.807) is 23.9 Å². The molecule has 5 aromatic rings. The predicted molar refractivity (Wildman–Crippen MR) is 191 cm³/mol. The first kappa shape index (κ1) is 34.4. The summed E-state index contributed by atoms with van der Waals surface area (Å²) in [7, 11) is 1.62. The van der Waals surface area contributed by atoms with Crippen LogP contribution in [0.3, 0.4) is 0 Å². The van der Waals surface area contributed by atoms with Gasteiger partial charge in [-0.1, -0.05) is 48.0 Å². The average Bonchev–Trinajstić information content (AvgIpc) is 3.89. The van der Waals surface area contributed by atoms with E-state index in [9.17, 15) is 20.3 Å². The first-order valence-corrected chi connectivity index (χ1v) is 17.3. The molecule has 2 fully saturated rings. The third-order valence-electron chi connectivity index (χ3n) is 9.97. The molecule has 2 atom stereocenters. The molecular formula is C38H38ClN7O5. The van der Waals surface area contributed by atoms with Gasteiger partial charge >= 0.3 is 5.97 Å². The highest BCUT2D eigenvalue weighted by Crippen LogP contribution is 2.40. The second-order valence-electron chi connectivity index (χ2n) is 13.2. The van der Waals surface area contributed by atoms with Gasteiger partial charge in [0.1, 0.15) is 11.6 Å². The van der Waals surface area contributed by atoms with Crippen molar-refractivity contribution >= 4 is 28.7 Å². The summed E-state index contributed by atoms with van der Waals surface area (Å²) < 4.78 is 13.5. The van der Waals surface area contributed by atoms with Gasteiger partial charge in [0.2, 0.25) is 11.8 Å². The van der Waals surface area contributed by atoms with E-state index in [1.165, 1.54) is 0 Å². The Labute approximate surface area is 299 Å². The monoisotopic (exact) mass is 707 g/mol. The molecular weight excluding hydrogens is 670 g/mol. The minimum atomic E-state index is -0.792. The summed E-state index contributed by atoms with van der Waals surface area (Å²) in [5, 5.41) is 38.6. The minimum Gasteiger partial charge on any atom is -0.481 e. The molecule has 0 aliphatic carbocycles. The van der Waals surface area contributed by atoms with Gasteiger partial charge in [0.15, 0.2) is 16.6 Å². The summed E-state index contributed by atoms with van der Waals surface area (Å²) in [6.45, 7) is 6.22. The van der Waals surface area contributed by atoms with Crippen LogP contribution in [0.15, 0.2) is 59.1 Å². The molecule has 2 saturated heterocycles. The number of benzene rings is 2. The SMILES string of the molecule is COc1nc(-c2cccc(-c3cccc(-c4nc5c(=N)n(CCN6CC[C@@H](C(=O)O)C6)cc(C#N)c5o4)c3Cl)c2C)ccc1CN1CC[C@@H](O)C1. The van der Waals surface area contributed by atoms with Crippen LogP contribution in [0.1, 0.15) is 29.5 Å². The molecule has 0 amide bonds. The molecule has 5 heterocycles. The van der Waals surface area contributed by atoms with E-state index in [2.05, 4.69) is 20.9 Å². The van der Waals surface area contributed by atoms with Gasteiger partial charge < -0.3 is 28.8 Å². The van der Waals surface area contributed by atoms with Crippen molar-refractivity contribution in [2.75, 3.05) is 39.8 Å². The van der Waals surface area contributed by atoms with Crippen molar-refractivity contribution < 1.29 is 24.2 Å². The zero-order valence-electron chi connectivity index (χ0n) is 28.4. The molecule has 0 unspecified atom stereocenters. The summed E-state index contributed by atoms with van der Waals surface area (Å²) in [4.78, 5) is 25.2.